The predicted octanol–water partition coefficient (Wildman–Crippen LogP) is 2.61. The van der Waals surface area contributed by atoms with Crippen LogP contribution in [-0.2, 0) is 6.42 Å². The molecule has 0 aliphatic carbocycles. The second kappa shape index (κ2) is 5.07. The van der Waals surface area contributed by atoms with Crippen molar-refractivity contribution in [3.8, 4) is 0 Å². The minimum Gasteiger partial charge on any atom is -0.383 e. The molecule has 0 aromatic carbocycles. The molecule has 3 heteroatoms. The molecule has 0 saturated carbocycles. The molecule has 0 saturated heterocycles. The van der Waals surface area contributed by atoms with Crippen LogP contribution in [0.5, 0.6) is 0 Å². The van der Waals surface area contributed by atoms with Gasteiger partial charge in [-0.05, 0) is 37.8 Å². The van der Waals surface area contributed by atoms with Crippen LogP contribution in [0, 0.1) is 0 Å². The molecular formula is C10H15ClN2. The molecule has 13 heavy (non-hydrogen) atoms. The molecule has 0 spiro atoms. The number of aryl methyl sites for hydroxylation is 1. The Kier molecular flexibility index (Phi) is 4.03. The Balaban J connectivity index is 2.41. The molecule has 1 atom stereocenters. The van der Waals surface area contributed by atoms with Gasteiger partial charge in [-0.3, -0.25) is 0 Å². The van der Waals surface area contributed by atoms with E-state index < -0.39 is 0 Å². The summed E-state index contributed by atoms with van der Waals surface area (Å²) in [7, 11) is 0. The lowest BCUT2D eigenvalue weighted by Crippen LogP contribution is -1.98. The van der Waals surface area contributed by atoms with Crippen molar-refractivity contribution in [2.45, 2.75) is 31.6 Å². The van der Waals surface area contributed by atoms with Gasteiger partial charge in [-0.1, -0.05) is 6.07 Å². The van der Waals surface area contributed by atoms with Crippen LogP contribution in [0.25, 0.3) is 0 Å². The molecule has 1 aromatic rings. The van der Waals surface area contributed by atoms with Crippen LogP contribution in [0.4, 0.5) is 5.82 Å². The maximum atomic E-state index is 5.84. The van der Waals surface area contributed by atoms with Crippen molar-refractivity contribution in [2.24, 2.45) is 0 Å². The Hall–Kier alpha value is -0.760. The Morgan fingerprint density at radius 2 is 2.38 bits per heavy atom. The summed E-state index contributed by atoms with van der Waals surface area (Å²) in [5.74, 6) is 0.643. The van der Waals surface area contributed by atoms with E-state index in [0.717, 1.165) is 24.8 Å². The second-order valence-electron chi connectivity index (χ2n) is 3.22. The fourth-order valence-corrected chi connectivity index (χ4v) is 1.39. The first-order valence-electron chi connectivity index (χ1n) is 4.53. The number of rotatable bonds is 4. The second-order valence-corrected chi connectivity index (χ2v) is 3.97. The Bertz CT molecular complexity index is 261. The molecule has 2 nitrogen and oxygen atoms in total. The topological polar surface area (TPSA) is 38.9 Å². The molecule has 1 rings (SSSR count). The molecule has 72 valence electrons. The highest BCUT2D eigenvalue weighted by Crippen LogP contribution is 2.13. The summed E-state index contributed by atoms with van der Waals surface area (Å²) in [4.78, 5) is 4.02. The Morgan fingerprint density at radius 1 is 1.62 bits per heavy atom. The standard InChI is InChI=1S/C10H15ClN2/c1-8(11)4-2-5-9-6-3-7-13-10(9)12/h3,6-8H,2,4-5H2,1H3,(H2,12,13). The maximum Gasteiger partial charge on any atom is 0.126 e. The van der Waals surface area contributed by atoms with Crippen LogP contribution in [0.1, 0.15) is 25.3 Å². The van der Waals surface area contributed by atoms with Crippen LogP contribution in [0.2, 0.25) is 0 Å². The van der Waals surface area contributed by atoms with Crippen molar-refractivity contribution in [1.29, 1.82) is 0 Å². The van der Waals surface area contributed by atoms with Gasteiger partial charge < -0.3 is 5.73 Å². The Labute approximate surface area is 84.1 Å². The first-order chi connectivity index (χ1) is 6.20. The molecule has 1 aromatic heterocycles. The number of hydrogen-bond acceptors (Lipinski definition) is 2. The monoisotopic (exact) mass is 198 g/mol. The van der Waals surface area contributed by atoms with Gasteiger partial charge in [-0.2, -0.15) is 0 Å². The quantitative estimate of drug-likeness (QED) is 0.756. The van der Waals surface area contributed by atoms with Crippen LogP contribution in [0.15, 0.2) is 18.3 Å². The van der Waals surface area contributed by atoms with Gasteiger partial charge >= 0.3 is 0 Å². The number of nitrogen functional groups attached to an aromatic ring is 1. The van der Waals surface area contributed by atoms with E-state index in [4.69, 9.17) is 17.3 Å². The summed E-state index contributed by atoms with van der Waals surface area (Å²) >= 11 is 5.84. The average molecular weight is 199 g/mol. The largest absolute Gasteiger partial charge is 0.383 e. The van der Waals surface area contributed by atoms with E-state index in [9.17, 15) is 0 Å². The number of halogens is 1. The minimum atomic E-state index is 0.248. The predicted molar refractivity (Wildman–Crippen MR) is 56.9 cm³/mol. The Morgan fingerprint density at radius 3 is 3.00 bits per heavy atom. The summed E-state index contributed by atoms with van der Waals surface area (Å²) in [5, 5.41) is 0.248. The molecule has 0 amide bonds. The molecule has 1 unspecified atom stereocenters. The fourth-order valence-electron chi connectivity index (χ4n) is 1.24. The van der Waals surface area contributed by atoms with Gasteiger partial charge in [0.05, 0.1) is 0 Å². The highest BCUT2D eigenvalue weighted by Gasteiger charge is 2.00. The van der Waals surface area contributed by atoms with Gasteiger partial charge in [0, 0.05) is 11.6 Å². The molecule has 0 aliphatic heterocycles. The SMILES string of the molecule is CC(Cl)CCCc1cccnc1N. The van der Waals surface area contributed by atoms with Crippen molar-refractivity contribution < 1.29 is 0 Å². The van der Waals surface area contributed by atoms with Gasteiger partial charge in [0.2, 0.25) is 0 Å². The molecule has 0 bridgehead atoms. The van der Waals surface area contributed by atoms with Crippen LogP contribution in [-0.4, -0.2) is 10.4 Å². The lowest BCUT2D eigenvalue weighted by molar-refractivity contribution is 0.723. The molecular weight excluding hydrogens is 184 g/mol. The zero-order chi connectivity index (χ0) is 9.68. The first kappa shape index (κ1) is 10.3. The molecule has 0 radical (unpaired) electrons. The normalized spacial score (nSPS) is 12.8. The zero-order valence-electron chi connectivity index (χ0n) is 7.83. The van der Waals surface area contributed by atoms with Gasteiger partial charge in [0.25, 0.3) is 0 Å². The highest BCUT2D eigenvalue weighted by molar-refractivity contribution is 6.20. The van der Waals surface area contributed by atoms with Crippen molar-refractivity contribution in [3.05, 3.63) is 23.9 Å². The molecule has 0 fully saturated rings. The van der Waals surface area contributed by atoms with E-state index in [1.165, 1.54) is 0 Å². The molecule has 2 N–H and O–H groups in total. The lowest BCUT2D eigenvalue weighted by atomic mass is 10.1. The van der Waals surface area contributed by atoms with Crippen LogP contribution < -0.4 is 5.73 Å². The van der Waals surface area contributed by atoms with E-state index in [0.29, 0.717) is 5.82 Å². The van der Waals surface area contributed by atoms with Gasteiger partial charge in [0.1, 0.15) is 5.82 Å². The number of aromatic nitrogens is 1. The summed E-state index contributed by atoms with van der Waals surface area (Å²) in [6.45, 7) is 2.01. The number of nitrogens with zero attached hydrogens (tertiary/aromatic N) is 1. The summed E-state index contributed by atoms with van der Waals surface area (Å²) in [5.41, 5.74) is 6.82. The van der Waals surface area contributed by atoms with E-state index in [1.807, 2.05) is 19.1 Å². The van der Waals surface area contributed by atoms with Gasteiger partial charge in [-0.15, -0.1) is 11.6 Å². The van der Waals surface area contributed by atoms with Crippen LogP contribution in [0.3, 0.4) is 0 Å². The third kappa shape index (κ3) is 3.64. The summed E-state index contributed by atoms with van der Waals surface area (Å²) in [6, 6.07) is 3.93. The summed E-state index contributed by atoms with van der Waals surface area (Å²) in [6.07, 6.45) is 4.77. The lowest BCUT2D eigenvalue weighted by Gasteiger charge is -2.04. The maximum absolute atomic E-state index is 5.84. The number of pyridine rings is 1. The highest BCUT2D eigenvalue weighted by atomic mass is 35.5. The van der Waals surface area contributed by atoms with E-state index >= 15 is 0 Å². The number of anilines is 1. The average Bonchev–Trinajstić information content (AvgIpc) is 2.08. The van der Waals surface area contributed by atoms with Crippen LogP contribution >= 0.6 is 11.6 Å². The minimum absolute atomic E-state index is 0.248. The van der Waals surface area contributed by atoms with Gasteiger partial charge in [0.15, 0.2) is 0 Å². The number of nitrogens with two attached hydrogens (primary N) is 1. The summed E-state index contributed by atoms with van der Waals surface area (Å²) < 4.78 is 0. The van der Waals surface area contributed by atoms with Crippen molar-refractivity contribution in [3.63, 3.8) is 0 Å². The van der Waals surface area contributed by atoms with Crippen molar-refractivity contribution in [1.82, 2.24) is 4.98 Å². The third-order valence-electron chi connectivity index (χ3n) is 1.97. The zero-order valence-corrected chi connectivity index (χ0v) is 8.59. The van der Waals surface area contributed by atoms with E-state index in [-0.39, 0.29) is 5.38 Å². The molecule has 0 aliphatic rings. The number of alkyl halides is 1. The van der Waals surface area contributed by atoms with E-state index in [1.54, 1.807) is 6.20 Å². The van der Waals surface area contributed by atoms with Crippen molar-refractivity contribution >= 4 is 17.4 Å². The number of hydrogen-bond donors (Lipinski definition) is 1. The van der Waals surface area contributed by atoms with Gasteiger partial charge in [-0.25, -0.2) is 4.98 Å². The molecule has 1 heterocycles. The van der Waals surface area contributed by atoms with Crippen molar-refractivity contribution in [2.75, 3.05) is 5.73 Å². The third-order valence-corrected chi connectivity index (χ3v) is 2.19. The fraction of sp³-hybridized carbons (Fsp3) is 0.500. The van der Waals surface area contributed by atoms with E-state index in [2.05, 4.69) is 4.98 Å². The smallest absolute Gasteiger partial charge is 0.126 e. The first-order valence-corrected chi connectivity index (χ1v) is 4.97.